The molecule has 0 aromatic heterocycles. The molecule has 0 N–H and O–H groups in total. The van der Waals surface area contributed by atoms with Crippen LogP contribution in [0.3, 0.4) is 0 Å². The van der Waals surface area contributed by atoms with Crippen molar-refractivity contribution in [3.63, 3.8) is 0 Å². The van der Waals surface area contributed by atoms with Crippen LogP contribution in [0.15, 0.2) is 23.1 Å². The van der Waals surface area contributed by atoms with Crippen LogP contribution in [0, 0.1) is 0 Å². The molecule has 4 heteroatoms. The molecule has 0 bridgehead atoms. The highest BCUT2D eigenvalue weighted by molar-refractivity contribution is 9.10. The van der Waals surface area contributed by atoms with Crippen molar-refractivity contribution >= 4 is 50.3 Å². The molecule has 1 rings (SSSR count). The van der Waals surface area contributed by atoms with Crippen LogP contribution < -0.4 is 0 Å². The summed E-state index contributed by atoms with van der Waals surface area (Å²) in [4.78, 5) is 12.2. The van der Waals surface area contributed by atoms with Gasteiger partial charge in [-0.3, -0.25) is 4.79 Å². The quantitative estimate of drug-likeness (QED) is 0.504. The minimum atomic E-state index is -0.164. The molecule has 0 heterocycles. The zero-order valence-electron chi connectivity index (χ0n) is 7.63. The van der Waals surface area contributed by atoms with Gasteiger partial charge in [0, 0.05) is 15.8 Å². The van der Waals surface area contributed by atoms with Crippen LogP contribution in [0.25, 0.3) is 0 Å². The van der Waals surface area contributed by atoms with Crippen molar-refractivity contribution in [3.8, 4) is 0 Å². The standard InChI is InChI=1S/C10H10Br2OS/c1-6(12)10(13)8-3-2-7(5-11)4-9(8)14/h2-4,6,14H,5H2,1H3. The lowest BCUT2D eigenvalue weighted by molar-refractivity contribution is 0.0993. The monoisotopic (exact) mass is 336 g/mol. The van der Waals surface area contributed by atoms with E-state index < -0.39 is 0 Å². The van der Waals surface area contributed by atoms with E-state index in [0.717, 1.165) is 15.8 Å². The molecule has 14 heavy (non-hydrogen) atoms. The van der Waals surface area contributed by atoms with Crippen molar-refractivity contribution in [2.45, 2.75) is 22.0 Å². The lowest BCUT2D eigenvalue weighted by Gasteiger charge is -2.07. The van der Waals surface area contributed by atoms with Gasteiger partial charge in [0.05, 0.1) is 4.83 Å². The van der Waals surface area contributed by atoms with Crippen LogP contribution in [0.4, 0.5) is 0 Å². The van der Waals surface area contributed by atoms with Gasteiger partial charge >= 0.3 is 0 Å². The highest BCUT2D eigenvalue weighted by Crippen LogP contribution is 2.20. The summed E-state index contributed by atoms with van der Waals surface area (Å²) in [5.41, 5.74) is 1.79. The number of Topliss-reactive ketones (excluding diaryl/α,β-unsaturated/α-hetero) is 1. The number of hydrogen-bond donors (Lipinski definition) is 1. The van der Waals surface area contributed by atoms with Gasteiger partial charge in [-0.15, -0.1) is 12.6 Å². The minimum absolute atomic E-state index is 0.0659. The summed E-state index contributed by atoms with van der Waals surface area (Å²) >= 11 is 10.9. The molecule has 1 atom stereocenters. The first kappa shape index (κ1) is 12.3. The molecule has 0 spiro atoms. The number of alkyl halides is 2. The molecule has 0 radical (unpaired) electrons. The zero-order valence-corrected chi connectivity index (χ0v) is 11.7. The van der Waals surface area contributed by atoms with E-state index in [-0.39, 0.29) is 10.6 Å². The first-order chi connectivity index (χ1) is 6.56. The van der Waals surface area contributed by atoms with Crippen LogP contribution in [0.1, 0.15) is 22.8 Å². The van der Waals surface area contributed by atoms with Gasteiger partial charge in [0.25, 0.3) is 0 Å². The van der Waals surface area contributed by atoms with Crippen molar-refractivity contribution < 1.29 is 4.79 Å². The highest BCUT2D eigenvalue weighted by atomic mass is 79.9. The van der Waals surface area contributed by atoms with E-state index in [1.807, 2.05) is 25.1 Å². The van der Waals surface area contributed by atoms with Crippen molar-refractivity contribution in [3.05, 3.63) is 29.3 Å². The van der Waals surface area contributed by atoms with Gasteiger partial charge in [0.15, 0.2) is 5.78 Å². The SMILES string of the molecule is CC(Br)C(=O)c1ccc(CBr)cc1S. The number of benzene rings is 1. The molecule has 0 amide bonds. The lowest BCUT2D eigenvalue weighted by Crippen LogP contribution is -2.10. The highest BCUT2D eigenvalue weighted by Gasteiger charge is 2.14. The van der Waals surface area contributed by atoms with Gasteiger partial charge in [-0.25, -0.2) is 0 Å². The molecule has 0 aliphatic carbocycles. The molecule has 1 nitrogen and oxygen atoms in total. The van der Waals surface area contributed by atoms with Crippen molar-refractivity contribution in [2.75, 3.05) is 0 Å². The van der Waals surface area contributed by atoms with E-state index in [2.05, 4.69) is 44.5 Å². The number of carbonyl (C=O) groups excluding carboxylic acids is 1. The summed E-state index contributed by atoms with van der Waals surface area (Å²) in [6, 6.07) is 5.65. The van der Waals surface area contributed by atoms with Gasteiger partial charge in [0.1, 0.15) is 0 Å². The van der Waals surface area contributed by atoms with E-state index in [0.29, 0.717) is 5.56 Å². The van der Waals surface area contributed by atoms with E-state index in [1.54, 1.807) is 0 Å². The molecular formula is C10H10Br2OS. The maximum Gasteiger partial charge on any atom is 0.177 e. The third-order valence-corrected chi connectivity index (χ3v) is 3.28. The van der Waals surface area contributed by atoms with Crippen LogP contribution in [-0.4, -0.2) is 10.6 Å². The largest absolute Gasteiger partial charge is 0.293 e. The summed E-state index contributed by atoms with van der Waals surface area (Å²) < 4.78 is 0. The summed E-state index contributed by atoms with van der Waals surface area (Å²) in [7, 11) is 0. The Kier molecular flexibility index (Phi) is 4.67. The zero-order chi connectivity index (χ0) is 10.7. The van der Waals surface area contributed by atoms with E-state index >= 15 is 0 Å². The molecule has 0 saturated heterocycles. The van der Waals surface area contributed by atoms with Gasteiger partial charge in [-0.2, -0.15) is 0 Å². The fourth-order valence-electron chi connectivity index (χ4n) is 1.08. The summed E-state index contributed by atoms with van der Waals surface area (Å²) in [6.45, 7) is 1.81. The Labute approximate surface area is 106 Å². The smallest absolute Gasteiger partial charge is 0.177 e. The normalized spacial score (nSPS) is 12.6. The Morgan fingerprint density at radius 2 is 2.21 bits per heavy atom. The second-order valence-corrected chi connectivity index (χ2v) is 5.38. The predicted octanol–water partition coefficient (Wildman–Crippen LogP) is 3.84. The van der Waals surface area contributed by atoms with Crippen LogP contribution in [0.2, 0.25) is 0 Å². The first-order valence-corrected chi connectivity index (χ1v) is 6.61. The summed E-state index contributed by atoms with van der Waals surface area (Å²) in [5, 5.41) is 0.777. The van der Waals surface area contributed by atoms with Crippen LogP contribution in [0.5, 0.6) is 0 Å². The molecule has 0 fully saturated rings. The number of carbonyl (C=O) groups is 1. The number of rotatable bonds is 3. The van der Waals surface area contributed by atoms with Crippen molar-refractivity contribution in [1.29, 1.82) is 0 Å². The maximum absolute atomic E-state index is 11.7. The fraction of sp³-hybridized carbons (Fsp3) is 0.300. The third kappa shape index (κ3) is 2.84. The molecular weight excluding hydrogens is 328 g/mol. The predicted molar refractivity (Wildman–Crippen MR) is 69.0 cm³/mol. The number of ketones is 1. The molecule has 0 aliphatic rings. The number of hydrogen-bond acceptors (Lipinski definition) is 2. The molecule has 1 aromatic carbocycles. The van der Waals surface area contributed by atoms with E-state index in [9.17, 15) is 4.79 Å². The lowest BCUT2D eigenvalue weighted by atomic mass is 10.1. The van der Waals surface area contributed by atoms with Crippen molar-refractivity contribution in [2.24, 2.45) is 0 Å². The van der Waals surface area contributed by atoms with Gasteiger partial charge in [0.2, 0.25) is 0 Å². The third-order valence-electron chi connectivity index (χ3n) is 1.84. The Hall–Kier alpha value is 0.200. The Morgan fingerprint density at radius 1 is 1.57 bits per heavy atom. The molecule has 1 unspecified atom stereocenters. The molecule has 0 aliphatic heterocycles. The maximum atomic E-state index is 11.7. The summed E-state index contributed by atoms with van der Waals surface area (Å²) in [5.74, 6) is 0.0659. The Balaban J connectivity index is 3.06. The summed E-state index contributed by atoms with van der Waals surface area (Å²) in [6.07, 6.45) is 0. The van der Waals surface area contributed by atoms with E-state index in [1.165, 1.54) is 0 Å². The topological polar surface area (TPSA) is 17.1 Å². The first-order valence-electron chi connectivity index (χ1n) is 4.12. The molecule has 1 aromatic rings. The number of thiol groups is 1. The average Bonchev–Trinajstić information content (AvgIpc) is 2.16. The average molecular weight is 338 g/mol. The van der Waals surface area contributed by atoms with E-state index in [4.69, 9.17) is 0 Å². The van der Waals surface area contributed by atoms with Gasteiger partial charge < -0.3 is 0 Å². The van der Waals surface area contributed by atoms with Crippen LogP contribution >= 0.6 is 44.5 Å². The van der Waals surface area contributed by atoms with Crippen molar-refractivity contribution in [1.82, 2.24) is 0 Å². The second kappa shape index (κ2) is 5.33. The van der Waals surface area contributed by atoms with Crippen LogP contribution in [-0.2, 0) is 5.33 Å². The molecule has 76 valence electrons. The van der Waals surface area contributed by atoms with Gasteiger partial charge in [-0.1, -0.05) is 37.9 Å². The molecule has 0 saturated carbocycles. The number of halogens is 2. The fourth-order valence-corrected chi connectivity index (χ4v) is 2.03. The Bertz CT molecular complexity index is 350. The second-order valence-electron chi connectivity index (χ2n) is 2.97. The van der Waals surface area contributed by atoms with Gasteiger partial charge in [-0.05, 0) is 24.6 Å². The Morgan fingerprint density at radius 3 is 2.64 bits per heavy atom. The minimum Gasteiger partial charge on any atom is -0.293 e.